The Morgan fingerprint density at radius 3 is 2.49 bits per heavy atom. The Bertz CT molecular complexity index is 1380. The summed E-state index contributed by atoms with van der Waals surface area (Å²) in [6.07, 6.45) is 0.858. The minimum absolute atomic E-state index is 0.0354. The highest BCUT2D eigenvalue weighted by atomic mass is 16.6. The van der Waals surface area contributed by atoms with Gasteiger partial charge in [0.25, 0.3) is 0 Å². The number of benzene rings is 2. The molecule has 6 N–H and O–H groups in total. The molecule has 11 nitrogen and oxygen atoms in total. The molecule has 174 valence electrons. The lowest BCUT2D eigenvalue weighted by molar-refractivity contribution is -0.149. The number of aromatic nitrogens is 1. The van der Waals surface area contributed by atoms with Crippen LogP contribution in [-0.2, 0) is 9.53 Å². The maximum Gasteiger partial charge on any atom is 0.351 e. The van der Waals surface area contributed by atoms with E-state index in [0.29, 0.717) is 22.4 Å². The van der Waals surface area contributed by atoms with Crippen molar-refractivity contribution in [3.63, 3.8) is 0 Å². The summed E-state index contributed by atoms with van der Waals surface area (Å²) in [4.78, 5) is 21.1. The van der Waals surface area contributed by atoms with Crippen molar-refractivity contribution in [1.29, 1.82) is 10.5 Å². The van der Waals surface area contributed by atoms with Crippen molar-refractivity contribution in [3.05, 3.63) is 76.9 Å². The number of carbonyl (C=O) groups is 1. The second kappa shape index (κ2) is 9.68. The van der Waals surface area contributed by atoms with Crippen molar-refractivity contribution in [2.75, 3.05) is 23.9 Å². The number of nitrogen functional groups attached to an aromatic ring is 2. The molecule has 1 aromatic heterocycles. The number of nitrogens with two attached hydrogens (primary N) is 2. The number of rotatable bonds is 5. The lowest BCUT2D eigenvalue weighted by Crippen LogP contribution is -2.32. The van der Waals surface area contributed by atoms with E-state index in [1.54, 1.807) is 54.7 Å². The number of guanidine groups is 1. The predicted octanol–water partition coefficient (Wildman–Crippen LogP) is 2.35. The summed E-state index contributed by atoms with van der Waals surface area (Å²) in [6.45, 7) is 0. The van der Waals surface area contributed by atoms with E-state index < -0.39 is 18.1 Å². The largest absolute Gasteiger partial charge is 0.474 e. The van der Waals surface area contributed by atoms with Crippen LogP contribution in [0.3, 0.4) is 0 Å². The van der Waals surface area contributed by atoms with Gasteiger partial charge in [-0.05, 0) is 17.7 Å². The molecule has 2 aromatic carbocycles. The highest BCUT2D eigenvalue weighted by molar-refractivity contribution is 5.98. The number of pyridine rings is 1. The number of nitriles is 2. The summed E-state index contributed by atoms with van der Waals surface area (Å²) < 4.78 is 10.8. The Morgan fingerprint density at radius 1 is 1.14 bits per heavy atom. The number of esters is 1. The second-order valence-electron chi connectivity index (χ2n) is 7.40. The van der Waals surface area contributed by atoms with Crippen molar-refractivity contribution in [2.24, 2.45) is 4.99 Å². The first-order valence-electron chi connectivity index (χ1n) is 10.3. The number of methoxy groups -OCH3 is 1. The third-order valence-electron chi connectivity index (χ3n) is 5.32. The lowest BCUT2D eigenvalue weighted by atomic mass is 9.95. The fraction of sp³-hybridized carbons (Fsp3) is 0.125. The van der Waals surface area contributed by atoms with Gasteiger partial charge >= 0.3 is 5.97 Å². The molecule has 4 rings (SSSR count). The Hall–Kier alpha value is -5.29. The highest BCUT2D eigenvalue weighted by Gasteiger charge is 2.30. The second-order valence-corrected chi connectivity index (χ2v) is 7.40. The molecule has 35 heavy (non-hydrogen) atoms. The lowest BCUT2D eigenvalue weighted by Gasteiger charge is -2.26. The van der Waals surface area contributed by atoms with Crippen LogP contribution in [0.2, 0.25) is 0 Å². The van der Waals surface area contributed by atoms with Crippen LogP contribution < -0.4 is 26.8 Å². The summed E-state index contributed by atoms with van der Waals surface area (Å²) in [5.41, 5.74) is 14.1. The van der Waals surface area contributed by atoms with E-state index in [1.165, 1.54) is 7.11 Å². The third kappa shape index (κ3) is 4.47. The van der Waals surface area contributed by atoms with Gasteiger partial charge in [-0.3, -0.25) is 5.32 Å². The average molecular weight is 468 g/mol. The van der Waals surface area contributed by atoms with Crippen LogP contribution in [0.15, 0.2) is 59.6 Å². The zero-order chi connectivity index (χ0) is 24.9. The number of carbonyl (C=O) groups excluding carboxylic acids is 1. The minimum atomic E-state index is -0.947. The Morgan fingerprint density at radius 2 is 1.86 bits per heavy atom. The van der Waals surface area contributed by atoms with Crippen molar-refractivity contribution in [2.45, 2.75) is 12.1 Å². The molecule has 2 heterocycles. The van der Waals surface area contributed by atoms with E-state index >= 15 is 0 Å². The van der Waals surface area contributed by atoms with Crippen LogP contribution in [-0.4, -0.2) is 24.0 Å². The molecule has 0 fully saturated rings. The van der Waals surface area contributed by atoms with E-state index in [-0.39, 0.29) is 28.8 Å². The van der Waals surface area contributed by atoms with Crippen LogP contribution >= 0.6 is 0 Å². The van der Waals surface area contributed by atoms with Crippen LogP contribution in [0.25, 0.3) is 0 Å². The third-order valence-corrected chi connectivity index (χ3v) is 5.32. The Kier molecular flexibility index (Phi) is 6.33. The van der Waals surface area contributed by atoms with E-state index in [1.807, 2.05) is 12.1 Å². The molecule has 2 unspecified atom stereocenters. The first kappa shape index (κ1) is 22.9. The van der Waals surface area contributed by atoms with Gasteiger partial charge in [-0.2, -0.15) is 10.5 Å². The highest BCUT2D eigenvalue weighted by Crippen LogP contribution is 2.40. The summed E-state index contributed by atoms with van der Waals surface area (Å²) in [5, 5.41) is 23.8. The number of aliphatic imine (C=N–C) groups is 1. The van der Waals surface area contributed by atoms with Crippen LogP contribution in [0.4, 0.5) is 17.3 Å². The van der Waals surface area contributed by atoms with Gasteiger partial charge in [-0.1, -0.05) is 42.5 Å². The molecule has 0 saturated heterocycles. The number of hydrogen-bond acceptors (Lipinski definition) is 11. The van der Waals surface area contributed by atoms with Gasteiger partial charge in [-0.15, -0.1) is 0 Å². The maximum absolute atomic E-state index is 12.3. The van der Waals surface area contributed by atoms with Gasteiger partial charge in [0.1, 0.15) is 35.1 Å². The summed E-state index contributed by atoms with van der Waals surface area (Å²) in [7, 11) is 1.30. The number of ether oxygens (including phenoxy) is 2. The average Bonchev–Trinajstić information content (AvgIpc) is 2.87. The normalized spacial score (nSPS) is 14.7. The zero-order valence-electron chi connectivity index (χ0n) is 18.5. The van der Waals surface area contributed by atoms with E-state index in [0.717, 1.165) is 0 Å². The number of hydrogen-bond donors (Lipinski definition) is 4. The number of fused-ring (bicyclic) bond motifs is 1. The van der Waals surface area contributed by atoms with Crippen molar-refractivity contribution < 1.29 is 14.3 Å². The molecular weight excluding hydrogens is 448 g/mol. The number of nitrogens with zero attached hydrogens (tertiary/aromatic N) is 4. The van der Waals surface area contributed by atoms with Gasteiger partial charge in [-0.25, -0.2) is 14.8 Å². The molecule has 0 spiro atoms. The molecule has 3 aromatic rings. The van der Waals surface area contributed by atoms with Crippen LogP contribution in [0, 0.1) is 22.8 Å². The van der Waals surface area contributed by atoms with E-state index in [9.17, 15) is 10.1 Å². The molecule has 0 bridgehead atoms. The first-order chi connectivity index (χ1) is 17.0. The van der Waals surface area contributed by atoms with Crippen LogP contribution in [0.5, 0.6) is 5.75 Å². The van der Waals surface area contributed by atoms with Gasteiger partial charge in [0.2, 0.25) is 12.1 Å². The number of anilines is 3. The Labute approximate surface area is 200 Å². The maximum atomic E-state index is 12.3. The van der Waals surface area contributed by atoms with Crippen molar-refractivity contribution in [1.82, 2.24) is 10.3 Å². The smallest absolute Gasteiger partial charge is 0.351 e. The summed E-state index contributed by atoms with van der Waals surface area (Å²) in [5.74, 6) is 0.280. The quantitative estimate of drug-likeness (QED) is 0.246. The first-order valence-corrected chi connectivity index (χ1v) is 10.3. The van der Waals surface area contributed by atoms with Crippen LogP contribution in [0.1, 0.15) is 34.4 Å². The van der Waals surface area contributed by atoms with Crippen molar-refractivity contribution >= 4 is 29.3 Å². The predicted molar refractivity (Wildman–Crippen MR) is 128 cm³/mol. The molecule has 0 aliphatic carbocycles. The molecule has 0 saturated carbocycles. The molecule has 1 aliphatic rings. The number of nitrogens with one attached hydrogen (secondary N) is 2. The van der Waals surface area contributed by atoms with E-state index in [4.69, 9.17) is 26.2 Å². The zero-order valence-corrected chi connectivity index (χ0v) is 18.5. The standard InChI is InChI=1S/C24H20N8O3/c1-34-23(33)20(14-5-3-2-4-6-14)35-15-9-7-13(8-10-15)19-17-18(27)16(11-25)21(28)31-22(17)32-24(30-19)29-12-26/h2-10,19-20H,1H3,(H6,27,28,29,30,31,32). The fourth-order valence-electron chi connectivity index (χ4n) is 3.67. The molecular formula is C24H20N8O3. The van der Waals surface area contributed by atoms with E-state index in [2.05, 4.69) is 20.6 Å². The molecule has 1 aliphatic heterocycles. The fourth-order valence-corrected chi connectivity index (χ4v) is 3.67. The molecule has 11 heteroatoms. The van der Waals surface area contributed by atoms with Gasteiger partial charge in [0, 0.05) is 11.1 Å². The van der Waals surface area contributed by atoms with Gasteiger partial charge < -0.3 is 26.3 Å². The van der Waals surface area contributed by atoms with Gasteiger partial charge in [0.05, 0.1) is 12.8 Å². The topological polar surface area (TPSA) is 184 Å². The monoisotopic (exact) mass is 468 g/mol. The summed E-state index contributed by atoms with van der Waals surface area (Å²) in [6, 6.07) is 17.1. The molecule has 0 amide bonds. The Balaban J connectivity index is 1.70. The molecule has 2 atom stereocenters. The minimum Gasteiger partial charge on any atom is -0.474 e. The van der Waals surface area contributed by atoms with Gasteiger partial charge in [0.15, 0.2) is 6.19 Å². The molecule has 0 radical (unpaired) electrons. The van der Waals surface area contributed by atoms with Crippen molar-refractivity contribution in [3.8, 4) is 18.0 Å². The summed E-state index contributed by atoms with van der Waals surface area (Å²) >= 11 is 0. The SMILES string of the molecule is COC(=O)C(Oc1ccc(C2N=C(NC#N)Nc3nc(N)c(C#N)c(N)c32)cc1)c1ccccc1.